The number of H-pyrrole nitrogens is 1. The lowest BCUT2D eigenvalue weighted by atomic mass is 9.93. The maximum Gasteiger partial charge on any atom is 0.320 e. The number of benzene rings is 3. The van der Waals surface area contributed by atoms with Crippen LogP contribution in [0.3, 0.4) is 0 Å². The van der Waals surface area contributed by atoms with Crippen LogP contribution >= 0.6 is 0 Å². The number of aliphatic hydroxyl groups is 1. The number of ether oxygens (including phenoxy) is 1. The molecule has 4 aromatic rings. The number of piperidine rings is 1. The van der Waals surface area contributed by atoms with Crippen LogP contribution in [0, 0.1) is 12.7 Å². The summed E-state index contributed by atoms with van der Waals surface area (Å²) >= 11 is 0. The van der Waals surface area contributed by atoms with Crippen LogP contribution in [0.2, 0.25) is 0 Å². The highest BCUT2D eigenvalue weighted by Crippen LogP contribution is 2.34. The van der Waals surface area contributed by atoms with Gasteiger partial charge in [0, 0.05) is 12.1 Å². The van der Waals surface area contributed by atoms with Crippen LogP contribution in [0.5, 0.6) is 5.75 Å². The number of aromatic amines is 1. The van der Waals surface area contributed by atoms with Crippen molar-refractivity contribution in [2.45, 2.75) is 38.5 Å². The number of imidazole rings is 1. The number of amides is 2. The minimum Gasteiger partial charge on any atom is -0.491 e. The maximum atomic E-state index is 13.8. The number of urea groups is 1. The van der Waals surface area contributed by atoms with Gasteiger partial charge in [0.05, 0.1) is 36.3 Å². The van der Waals surface area contributed by atoms with E-state index in [0.717, 1.165) is 44.9 Å². The second-order valence-corrected chi connectivity index (χ2v) is 9.87. The number of halogens is 1. The van der Waals surface area contributed by atoms with Gasteiger partial charge in [0.1, 0.15) is 24.0 Å². The Morgan fingerprint density at radius 1 is 1.08 bits per heavy atom. The average molecular weight is 501 g/mol. The van der Waals surface area contributed by atoms with Crippen LogP contribution in [0.4, 0.5) is 9.18 Å². The molecule has 2 amide bonds. The van der Waals surface area contributed by atoms with E-state index in [1.165, 1.54) is 12.1 Å². The molecule has 2 aliphatic heterocycles. The smallest absolute Gasteiger partial charge is 0.320 e. The number of aliphatic hydroxyl groups excluding tert-OH is 1. The summed E-state index contributed by atoms with van der Waals surface area (Å²) in [6.45, 7) is 3.65. The molecule has 8 heteroatoms. The Balaban J connectivity index is 1.27. The highest BCUT2D eigenvalue weighted by Gasteiger charge is 2.35. The van der Waals surface area contributed by atoms with Gasteiger partial charge in [-0.3, -0.25) is 0 Å². The van der Waals surface area contributed by atoms with Crippen molar-refractivity contribution in [3.8, 4) is 16.9 Å². The molecule has 2 N–H and O–H groups in total. The predicted molar refractivity (Wildman–Crippen MR) is 139 cm³/mol. The molecule has 2 aliphatic rings. The van der Waals surface area contributed by atoms with Crippen LogP contribution in [-0.4, -0.2) is 56.7 Å². The van der Waals surface area contributed by atoms with Gasteiger partial charge in [-0.2, -0.15) is 0 Å². The lowest BCUT2D eigenvalue weighted by Gasteiger charge is -2.40. The second kappa shape index (κ2) is 9.52. The summed E-state index contributed by atoms with van der Waals surface area (Å²) in [5.74, 6) is 1.33. The molecule has 0 saturated carbocycles. The van der Waals surface area contributed by atoms with E-state index in [2.05, 4.69) is 28.2 Å². The third kappa shape index (κ3) is 4.64. The van der Waals surface area contributed by atoms with Crippen LogP contribution in [0.1, 0.15) is 35.8 Å². The standard InChI is InChI=1S/C29H29FN4O3/c1-18-31-25-8-4-21(15-26(25)32-18)20-5-9-28-22(14-20)17-33(12-13-37-28)29(36)34-11-10-24(35)16-27(34)19-2-6-23(30)7-3-19/h2-9,14-15,24,27,35H,10-13,16-17H2,1H3,(H,31,32)/t24-,27+/m0/s1. The Kier molecular flexibility index (Phi) is 6.04. The SMILES string of the molecule is Cc1nc2ccc(-c3ccc4c(c3)CN(C(=O)N3CC[C@H](O)C[C@@H]3c3ccc(F)cc3)CCO4)cc2[nH]1. The molecule has 2 atom stereocenters. The summed E-state index contributed by atoms with van der Waals surface area (Å²) in [6, 6.07) is 18.0. The molecule has 0 aliphatic carbocycles. The third-order valence-corrected chi connectivity index (χ3v) is 7.32. The fraction of sp³-hybridized carbons (Fsp3) is 0.310. The predicted octanol–water partition coefficient (Wildman–Crippen LogP) is 5.19. The molecular formula is C29H29FN4O3. The number of aryl methyl sites for hydroxylation is 1. The highest BCUT2D eigenvalue weighted by molar-refractivity contribution is 5.82. The third-order valence-electron chi connectivity index (χ3n) is 7.32. The fourth-order valence-corrected chi connectivity index (χ4v) is 5.41. The van der Waals surface area contributed by atoms with Gasteiger partial charge in [0.2, 0.25) is 0 Å². The van der Waals surface area contributed by atoms with Crippen LogP contribution in [-0.2, 0) is 6.54 Å². The summed E-state index contributed by atoms with van der Waals surface area (Å²) in [5, 5.41) is 10.3. The summed E-state index contributed by atoms with van der Waals surface area (Å²) < 4.78 is 19.6. The van der Waals surface area contributed by atoms with E-state index in [1.807, 2.05) is 34.9 Å². The van der Waals surface area contributed by atoms with E-state index in [1.54, 1.807) is 12.1 Å². The van der Waals surface area contributed by atoms with Crippen LogP contribution in [0.15, 0.2) is 60.7 Å². The van der Waals surface area contributed by atoms with E-state index in [-0.39, 0.29) is 17.9 Å². The van der Waals surface area contributed by atoms with Gasteiger partial charge in [-0.05, 0) is 72.9 Å². The monoisotopic (exact) mass is 500 g/mol. The fourth-order valence-electron chi connectivity index (χ4n) is 5.41. The number of carbonyl (C=O) groups is 1. The van der Waals surface area contributed by atoms with Crippen molar-refractivity contribution in [1.82, 2.24) is 19.8 Å². The minimum atomic E-state index is -0.495. The molecule has 7 nitrogen and oxygen atoms in total. The lowest BCUT2D eigenvalue weighted by Crippen LogP contribution is -2.49. The Bertz CT molecular complexity index is 1450. The summed E-state index contributed by atoms with van der Waals surface area (Å²) in [5.41, 5.74) is 5.78. The molecule has 1 fully saturated rings. The number of hydrogen-bond acceptors (Lipinski definition) is 4. The molecule has 0 spiro atoms. The van der Waals surface area contributed by atoms with Crippen molar-refractivity contribution in [2.24, 2.45) is 0 Å². The number of aromatic nitrogens is 2. The number of hydrogen-bond donors (Lipinski definition) is 2. The number of likely N-dealkylation sites (tertiary alicyclic amines) is 1. The largest absolute Gasteiger partial charge is 0.491 e. The Hall–Kier alpha value is -3.91. The minimum absolute atomic E-state index is 0.0996. The number of nitrogens with zero attached hydrogens (tertiary/aromatic N) is 3. The zero-order chi connectivity index (χ0) is 25.5. The second-order valence-electron chi connectivity index (χ2n) is 9.87. The number of carbonyl (C=O) groups excluding carboxylic acids is 1. The molecule has 190 valence electrons. The van der Waals surface area contributed by atoms with Crippen molar-refractivity contribution in [3.05, 3.63) is 83.4 Å². The molecular weight excluding hydrogens is 471 g/mol. The molecule has 6 rings (SSSR count). The number of rotatable bonds is 2. The Labute approximate surface area is 214 Å². The van der Waals surface area contributed by atoms with Gasteiger partial charge < -0.3 is 24.6 Å². The topological polar surface area (TPSA) is 81.7 Å². The van der Waals surface area contributed by atoms with Crippen LogP contribution < -0.4 is 4.74 Å². The van der Waals surface area contributed by atoms with Crippen LogP contribution in [0.25, 0.3) is 22.2 Å². The molecule has 3 aromatic carbocycles. The number of nitrogens with one attached hydrogen (secondary N) is 1. The van der Waals surface area contributed by atoms with Crippen molar-refractivity contribution < 1.29 is 19.0 Å². The molecule has 37 heavy (non-hydrogen) atoms. The van der Waals surface area contributed by atoms with Crippen molar-refractivity contribution in [3.63, 3.8) is 0 Å². The molecule has 0 radical (unpaired) electrons. The van der Waals surface area contributed by atoms with E-state index in [4.69, 9.17) is 4.74 Å². The van der Waals surface area contributed by atoms with Crippen molar-refractivity contribution >= 4 is 17.1 Å². The van der Waals surface area contributed by atoms with Crippen molar-refractivity contribution in [2.75, 3.05) is 19.7 Å². The first-order valence-electron chi connectivity index (χ1n) is 12.7. The van der Waals surface area contributed by atoms with Gasteiger partial charge >= 0.3 is 6.03 Å². The molecule has 0 bridgehead atoms. The van der Waals surface area contributed by atoms with E-state index in [0.29, 0.717) is 39.1 Å². The average Bonchev–Trinajstić information content (AvgIpc) is 3.14. The summed E-state index contributed by atoms with van der Waals surface area (Å²) in [7, 11) is 0. The number of fused-ring (bicyclic) bond motifs is 2. The van der Waals surface area contributed by atoms with E-state index in [9.17, 15) is 14.3 Å². The van der Waals surface area contributed by atoms with Gasteiger partial charge in [0.15, 0.2) is 0 Å². The zero-order valence-electron chi connectivity index (χ0n) is 20.7. The van der Waals surface area contributed by atoms with Gasteiger partial charge in [-0.15, -0.1) is 0 Å². The summed E-state index contributed by atoms with van der Waals surface area (Å²) in [4.78, 5) is 25.2. The molecule has 3 heterocycles. The Morgan fingerprint density at radius 3 is 2.70 bits per heavy atom. The zero-order valence-corrected chi connectivity index (χ0v) is 20.7. The highest BCUT2D eigenvalue weighted by atomic mass is 19.1. The maximum absolute atomic E-state index is 13.8. The summed E-state index contributed by atoms with van der Waals surface area (Å²) in [6.07, 6.45) is 0.452. The van der Waals surface area contributed by atoms with Gasteiger partial charge in [0.25, 0.3) is 0 Å². The van der Waals surface area contributed by atoms with E-state index >= 15 is 0 Å². The van der Waals surface area contributed by atoms with Gasteiger partial charge in [-0.1, -0.05) is 24.3 Å². The normalized spacial score (nSPS) is 19.9. The first-order chi connectivity index (χ1) is 17.9. The first kappa shape index (κ1) is 23.5. The Morgan fingerprint density at radius 2 is 1.86 bits per heavy atom. The molecule has 0 unspecified atom stereocenters. The molecule has 1 saturated heterocycles. The van der Waals surface area contributed by atoms with Crippen molar-refractivity contribution in [1.29, 1.82) is 0 Å². The quantitative estimate of drug-likeness (QED) is 0.397. The van der Waals surface area contributed by atoms with E-state index < -0.39 is 6.10 Å². The van der Waals surface area contributed by atoms with Gasteiger partial charge in [-0.25, -0.2) is 14.2 Å². The first-order valence-corrected chi connectivity index (χ1v) is 12.7. The molecule has 1 aromatic heterocycles. The lowest BCUT2D eigenvalue weighted by molar-refractivity contribution is 0.0456.